The van der Waals surface area contributed by atoms with E-state index < -0.39 is 15.9 Å². The van der Waals surface area contributed by atoms with Crippen molar-refractivity contribution in [1.82, 2.24) is 5.32 Å². The molecule has 4 nitrogen and oxygen atoms in total. The minimum Gasteiger partial charge on any atom is -0.386 e. The maximum absolute atomic E-state index is 11.2. The van der Waals surface area contributed by atoms with Crippen molar-refractivity contribution >= 4 is 21.2 Å². The van der Waals surface area contributed by atoms with Gasteiger partial charge in [0.05, 0.1) is 11.5 Å². The summed E-state index contributed by atoms with van der Waals surface area (Å²) in [6.45, 7) is 1.15. The van der Waals surface area contributed by atoms with E-state index in [9.17, 15) is 13.5 Å². The normalized spacial score (nSPS) is 24.9. The largest absolute Gasteiger partial charge is 0.386 e. The lowest BCUT2D eigenvalue weighted by molar-refractivity contribution is 0.177. The lowest BCUT2D eigenvalue weighted by Gasteiger charge is -2.12. The standard InChI is InChI=1S/C11H17NO3S2/c13-10(11-2-1-4-16-11)7-12-6-9-3-5-17(14,15)8-9/h1-2,4,9-10,12-13H,3,5-8H2. The Kier molecular flexibility index (Phi) is 4.19. The third-order valence-corrected chi connectivity index (χ3v) is 5.78. The van der Waals surface area contributed by atoms with Gasteiger partial charge in [-0.25, -0.2) is 8.42 Å². The summed E-state index contributed by atoms with van der Waals surface area (Å²) in [6.07, 6.45) is 0.248. The zero-order valence-electron chi connectivity index (χ0n) is 9.50. The van der Waals surface area contributed by atoms with Crippen LogP contribution in [0.2, 0.25) is 0 Å². The average Bonchev–Trinajstić information content (AvgIpc) is 2.87. The molecule has 2 N–H and O–H groups in total. The number of aliphatic hydroxyl groups excluding tert-OH is 1. The number of hydrogen-bond acceptors (Lipinski definition) is 5. The van der Waals surface area contributed by atoms with Crippen molar-refractivity contribution in [1.29, 1.82) is 0 Å². The summed E-state index contributed by atoms with van der Waals surface area (Å²) in [5, 5.41) is 14.9. The van der Waals surface area contributed by atoms with Gasteiger partial charge in [-0.2, -0.15) is 0 Å². The van der Waals surface area contributed by atoms with Crippen LogP contribution in [0.4, 0.5) is 0 Å². The molecule has 1 saturated heterocycles. The highest BCUT2D eigenvalue weighted by Gasteiger charge is 2.27. The smallest absolute Gasteiger partial charge is 0.150 e. The van der Waals surface area contributed by atoms with Crippen LogP contribution >= 0.6 is 11.3 Å². The van der Waals surface area contributed by atoms with Crippen LogP contribution in [0.5, 0.6) is 0 Å². The fraction of sp³-hybridized carbons (Fsp3) is 0.636. The number of nitrogens with one attached hydrogen (secondary N) is 1. The Morgan fingerprint density at radius 1 is 1.59 bits per heavy atom. The second-order valence-corrected chi connectivity index (χ2v) is 7.67. The molecule has 96 valence electrons. The van der Waals surface area contributed by atoms with Gasteiger partial charge in [-0.05, 0) is 30.3 Å². The Balaban J connectivity index is 1.70. The fourth-order valence-electron chi connectivity index (χ4n) is 2.04. The fourth-order valence-corrected chi connectivity index (χ4v) is 4.61. The monoisotopic (exact) mass is 275 g/mol. The van der Waals surface area contributed by atoms with Gasteiger partial charge in [0.1, 0.15) is 6.10 Å². The third kappa shape index (κ3) is 3.77. The van der Waals surface area contributed by atoms with Gasteiger partial charge < -0.3 is 10.4 Å². The number of thiophene rings is 1. The minimum atomic E-state index is -2.79. The first-order valence-corrected chi connectivity index (χ1v) is 8.39. The predicted molar refractivity (Wildman–Crippen MR) is 68.9 cm³/mol. The van der Waals surface area contributed by atoms with Crippen molar-refractivity contribution in [2.24, 2.45) is 5.92 Å². The molecule has 1 aromatic rings. The molecule has 0 amide bonds. The van der Waals surface area contributed by atoms with E-state index in [2.05, 4.69) is 5.32 Å². The molecular formula is C11H17NO3S2. The van der Waals surface area contributed by atoms with Crippen LogP contribution in [0.15, 0.2) is 17.5 Å². The summed E-state index contributed by atoms with van der Waals surface area (Å²) in [6, 6.07) is 3.81. The van der Waals surface area contributed by atoms with Crippen LogP contribution in [-0.4, -0.2) is 38.1 Å². The number of aliphatic hydroxyl groups is 1. The summed E-state index contributed by atoms with van der Waals surface area (Å²) in [5.41, 5.74) is 0. The molecule has 6 heteroatoms. The van der Waals surface area contributed by atoms with Crippen LogP contribution in [-0.2, 0) is 9.84 Å². The van der Waals surface area contributed by atoms with Gasteiger partial charge in [0.15, 0.2) is 9.84 Å². The quantitative estimate of drug-likeness (QED) is 0.834. The van der Waals surface area contributed by atoms with Crippen molar-refractivity contribution in [2.75, 3.05) is 24.6 Å². The lowest BCUT2D eigenvalue weighted by atomic mass is 10.1. The first-order valence-electron chi connectivity index (χ1n) is 5.69. The summed E-state index contributed by atoms with van der Waals surface area (Å²) in [4.78, 5) is 0.941. The molecule has 0 bridgehead atoms. The molecule has 2 heterocycles. The summed E-state index contributed by atoms with van der Waals surface area (Å²) in [5.74, 6) is 0.803. The summed E-state index contributed by atoms with van der Waals surface area (Å²) < 4.78 is 22.5. The number of sulfone groups is 1. The second kappa shape index (κ2) is 5.48. The van der Waals surface area contributed by atoms with E-state index in [1.54, 1.807) is 0 Å². The highest BCUT2D eigenvalue weighted by molar-refractivity contribution is 7.91. The van der Waals surface area contributed by atoms with Crippen LogP contribution in [0.1, 0.15) is 17.4 Å². The van der Waals surface area contributed by atoms with E-state index in [0.717, 1.165) is 11.3 Å². The highest BCUT2D eigenvalue weighted by Crippen LogP contribution is 2.19. The molecular weight excluding hydrogens is 258 g/mol. The lowest BCUT2D eigenvalue weighted by Crippen LogP contribution is -2.27. The zero-order chi connectivity index (χ0) is 12.3. The SMILES string of the molecule is O=S1(=O)CCC(CNCC(O)c2cccs2)C1. The van der Waals surface area contributed by atoms with Crippen molar-refractivity contribution in [3.8, 4) is 0 Å². The van der Waals surface area contributed by atoms with Crippen molar-refractivity contribution in [3.05, 3.63) is 22.4 Å². The van der Waals surface area contributed by atoms with E-state index in [-0.39, 0.29) is 11.7 Å². The summed E-state index contributed by atoms with van der Waals surface area (Å²) >= 11 is 1.53. The molecule has 2 unspecified atom stereocenters. The molecule has 0 radical (unpaired) electrons. The highest BCUT2D eigenvalue weighted by atomic mass is 32.2. The second-order valence-electron chi connectivity index (χ2n) is 4.46. The molecule has 2 atom stereocenters. The minimum absolute atomic E-state index is 0.204. The van der Waals surface area contributed by atoms with Gasteiger partial charge in [0, 0.05) is 11.4 Å². The van der Waals surface area contributed by atoms with E-state index >= 15 is 0 Å². The third-order valence-electron chi connectivity index (χ3n) is 2.97. The first-order chi connectivity index (χ1) is 8.07. The van der Waals surface area contributed by atoms with Crippen LogP contribution in [0, 0.1) is 5.92 Å². The molecule has 2 rings (SSSR count). The van der Waals surface area contributed by atoms with Crippen molar-refractivity contribution in [2.45, 2.75) is 12.5 Å². The van der Waals surface area contributed by atoms with E-state index in [1.807, 2.05) is 17.5 Å². The van der Waals surface area contributed by atoms with Crippen LogP contribution in [0.25, 0.3) is 0 Å². The van der Waals surface area contributed by atoms with Gasteiger partial charge in [0.25, 0.3) is 0 Å². The van der Waals surface area contributed by atoms with Crippen molar-refractivity contribution in [3.63, 3.8) is 0 Å². The van der Waals surface area contributed by atoms with E-state index in [4.69, 9.17) is 0 Å². The van der Waals surface area contributed by atoms with E-state index in [1.165, 1.54) is 11.3 Å². The number of rotatable bonds is 5. The van der Waals surface area contributed by atoms with Gasteiger partial charge in [-0.3, -0.25) is 0 Å². The van der Waals surface area contributed by atoms with E-state index in [0.29, 0.717) is 18.8 Å². The Bertz CT molecular complexity index is 441. The molecule has 1 fully saturated rings. The maximum atomic E-state index is 11.2. The Hall–Kier alpha value is -0.430. The Morgan fingerprint density at radius 2 is 2.41 bits per heavy atom. The van der Waals surface area contributed by atoms with Crippen molar-refractivity contribution < 1.29 is 13.5 Å². The summed E-state index contributed by atoms with van der Waals surface area (Å²) in [7, 11) is -2.79. The first kappa shape index (κ1) is 13.0. The van der Waals surface area contributed by atoms with Crippen LogP contribution in [0.3, 0.4) is 0 Å². The predicted octanol–water partition coefficient (Wildman–Crippen LogP) is 0.806. The van der Waals surface area contributed by atoms with Gasteiger partial charge >= 0.3 is 0 Å². The van der Waals surface area contributed by atoms with Gasteiger partial charge in [-0.15, -0.1) is 11.3 Å². The van der Waals surface area contributed by atoms with Gasteiger partial charge in [-0.1, -0.05) is 6.07 Å². The molecule has 1 aliphatic rings. The average molecular weight is 275 g/mol. The Labute approximate surface area is 106 Å². The number of hydrogen-bond donors (Lipinski definition) is 2. The van der Waals surface area contributed by atoms with Crippen LogP contribution < -0.4 is 5.32 Å². The molecule has 1 aliphatic heterocycles. The van der Waals surface area contributed by atoms with Gasteiger partial charge in [0.2, 0.25) is 0 Å². The Morgan fingerprint density at radius 3 is 3.00 bits per heavy atom. The molecule has 0 saturated carbocycles. The molecule has 17 heavy (non-hydrogen) atoms. The maximum Gasteiger partial charge on any atom is 0.150 e. The zero-order valence-corrected chi connectivity index (χ0v) is 11.1. The molecule has 0 aromatic carbocycles. The molecule has 0 spiro atoms. The molecule has 0 aliphatic carbocycles. The topological polar surface area (TPSA) is 66.4 Å². The molecule has 1 aromatic heterocycles.